The van der Waals surface area contributed by atoms with E-state index >= 15 is 0 Å². The van der Waals surface area contributed by atoms with E-state index < -0.39 is 22.9 Å². The van der Waals surface area contributed by atoms with Gasteiger partial charge in [0.1, 0.15) is 6.04 Å². The van der Waals surface area contributed by atoms with Gasteiger partial charge in [-0.15, -0.1) is 0 Å². The molecule has 1 aromatic rings. The van der Waals surface area contributed by atoms with Gasteiger partial charge in [0.25, 0.3) is 5.69 Å². The minimum atomic E-state index is -1.09. The van der Waals surface area contributed by atoms with Crippen molar-refractivity contribution >= 4 is 11.7 Å². The molecule has 0 radical (unpaired) electrons. The highest BCUT2D eigenvalue weighted by molar-refractivity contribution is 5.74. The lowest BCUT2D eigenvalue weighted by molar-refractivity contribution is -0.384. The lowest BCUT2D eigenvalue weighted by atomic mass is 9.94. The van der Waals surface area contributed by atoms with Gasteiger partial charge in [-0.2, -0.15) is 0 Å². The number of carbonyl (C=O) groups is 1. The largest absolute Gasteiger partial charge is 0.480 e. The van der Waals surface area contributed by atoms with Crippen LogP contribution in [0.1, 0.15) is 18.4 Å². The van der Waals surface area contributed by atoms with Gasteiger partial charge in [-0.05, 0) is 5.56 Å². The average Bonchev–Trinajstić information content (AvgIpc) is 2.27. The maximum atomic E-state index is 10.7. The van der Waals surface area contributed by atoms with Crippen molar-refractivity contribution in [2.45, 2.75) is 18.9 Å². The summed E-state index contributed by atoms with van der Waals surface area (Å²) in [5.41, 5.74) is 6.10. The molecule has 0 fully saturated rings. The fourth-order valence-corrected chi connectivity index (χ4v) is 1.32. The quantitative estimate of drug-likeness (QED) is 0.588. The monoisotopic (exact) mass is 224 g/mol. The van der Waals surface area contributed by atoms with Crippen molar-refractivity contribution in [3.05, 3.63) is 39.9 Å². The molecule has 2 atom stereocenters. The van der Waals surface area contributed by atoms with Crippen LogP contribution < -0.4 is 5.73 Å². The summed E-state index contributed by atoms with van der Waals surface area (Å²) in [6, 6.07) is 4.69. The van der Waals surface area contributed by atoms with Crippen LogP contribution in [0.2, 0.25) is 0 Å². The maximum absolute atomic E-state index is 10.7. The van der Waals surface area contributed by atoms with E-state index in [1.807, 2.05) is 0 Å². The van der Waals surface area contributed by atoms with Gasteiger partial charge in [0, 0.05) is 18.1 Å². The molecule has 6 heteroatoms. The highest BCUT2D eigenvalue weighted by Crippen LogP contribution is 2.21. The van der Waals surface area contributed by atoms with Gasteiger partial charge in [-0.25, -0.2) is 0 Å². The number of rotatable bonds is 4. The van der Waals surface area contributed by atoms with E-state index in [1.54, 1.807) is 6.92 Å². The summed E-state index contributed by atoms with van der Waals surface area (Å²) < 4.78 is 0. The first-order valence-corrected chi connectivity index (χ1v) is 4.66. The van der Waals surface area contributed by atoms with Crippen LogP contribution in [-0.4, -0.2) is 22.0 Å². The SMILES string of the molecule is C[C@@H](c1ccc([N+](=O)[O-])cc1)[C@@H](N)C(=O)O. The summed E-state index contributed by atoms with van der Waals surface area (Å²) in [5, 5.41) is 19.1. The van der Waals surface area contributed by atoms with Gasteiger partial charge in [-0.3, -0.25) is 14.9 Å². The van der Waals surface area contributed by atoms with E-state index in [0.717, 1.165) is 0 Å². The van der Waals surface area contributed by atoms with Crippen LogP contribution in [0.15, 0.2) is 24.3 Å². The van der Waals surface area contributed by atoms with Crippen LogP contribution in [0.4, 0.5) is 5.69 Å². The first-order valence-electron chi connectivity index (χ1n) is 4.66. The van der Waals surface area contributed by atoms with Gasteiger partial charge in [0.2, 0.25) is 0 Å². The Hall–Kier alpha value is -1.95. The standard InChI is InChI=1S/C10H12N2O4/c1-6(9(11)10(13)14)7-2-4-8(5-3-7)12(15)16/h2-6,9H,11H2,1H3,(H,13,14)/t6-,9+/m0/s1. The fraction of sp³-hybridized carbons (Fsp3) is 0.300. The lowest BCUT2D eigenvalue weighted by Crippen LogP contribution is -2.35. The molecule has 0 aliphatic heterocycles. The summed E-state index contributed by atoms with van der Waals surface area (Å²) in [7, 11) is 0. The molecule has 3 N–H and O–H groups in total. The number of nitro groups is 1. The number of nitro benzene ring substituents is 1. The van der Waals surface area contributed by atoms with Crippen LogP contribution in [-0.2, 0) is 4.79 Å². The van der Waals surface area contributed by atoms with E-state index in [4.69, 9.17) is 10.8 Å². The minimum Gasteiger partial charge on any atom is -0.480 e. The smallest absolute Gasteiger partial charge is 0.321 e. The Balaban J connectivity index is 2.89. The zero-order valence-corrected chi connectivity index (χ0v) is 8.66. The minimum absolute atomic E-state index is 0.0279. The van der Waals surface area contributed by atoms with Crippen LogP contribution in [0, 0.1) is 10.1 Å². The third-order valence-electron chi connectivity index (χ3n) is 2.45. The summed E-state index contributed by atoms with van der Waals surface area (Å²) in [5.74, 6) is -1.48. The molecule has 0 saturated heterocycles. The first-order chi connectivity index (χ1) is 7.43. The summed E-state index contributed by atoms with van der Waals surface area (Å²) >= 11 is 0. The number of aliphatic carboxylic acids is 1. The Bertz CT molecular complexity index is 402. The number of hydrogen-bond acceptors (Lipinski definition) is 4. The maximum Gasteiger partial charge on any atom is 0.321 e. The van der Waals surface area contributed by atoms with Gasteiger partial charge in [-0.1, -0.05) is 19.1 Å². The molecule has 0 bridgehead atoms. The van der Waals surface area contributed by atoms with Gasteiger partial charge < -0.3 is 10.8 Å². The number of carboxylic acids is 1. The van der Waals surface area contributed by atoms with Crippen LogP contribution in [0.25, 0.3) is 0 Å². The third kappa shape index (κ3) is 2.54. The Labute approximate surface area is 91.8 Å². The molecular weight excluding hydrogens is 212 g/mol. The van der Waals surface area contributed by atoms with Crippen molar-refractivity contribution in [2.75, 3.05) is 0 Å². The molecule has 0 heterocycles. The predicted molar refractivity (Wildman–Crippen MR) is 57.1 cm³/mol. The van der Waals surface area contributed by atoms with Crippen molar-refractivity contribution in [1.82, 2.24) is 0 Å². The molecule has 0 aliphatic rings. The summed E-state index contributed by atoms with van der Waals surface area (Å²) in [4.78, 5) is 20.6. The van der Waals surface area contributed by atoms with E-state index in [1.165, 1.54) is 24.3 Å². The molecule has 16 heavy (non-hydrogen) atoms. The van der Waals surface area contributed by atoms with Crippen molar-refractivity contribution in [2.24, 2.45) is 5.73 Å². The second-order valence-corrected chi connectivity index (χ2v) is 3.50. The zero-order chi connectivity index (χ0) is 12.3. The molecule has 0 aliphatic carbocycles. The molecule has 0 saturated carbocycles. The topological polar surface area (TPSA) is 106 Å². The Morgan fingerprint density at radius 2 is 1.94 bits per heavy atom. The zero-order valence-electron chi connectivity index (χ0n) is 8.66. The fourth-order valence-electron chi connectivity index (χ4n) is 1.32. The molecule has 6 nitrogen and oxygen atoms in total. The van der Waals surface area contributed by atoms with E-state index in [2.05, 4.69) is 0 Å². The molecule has 0 spiro atoms. The molecule has 0 amide bonds. The molecule has 1 rings (SSSR count). The van der Waals surface area contributed by atoms with Crippen LogP contribution in [0.3, 0.4) is 0 Å². The van der Waals surface area contributed by atoms with Crippen molar-refractivity contribution in [1.29, 1.82) is 0 Å². The van der Waals surface area contributed by atoms with Crippen LogP contribution in [0.5, 0.6) is 0 Å². The number of nitrogens with zero attached hydrogens (tertiary/aromatic N) is 1. The molecule has 1 aromatic carbocycles. The Kier molecular flexibility index (Phi) is 3.57. The molecule has 86 valence electrons. The number of non-ortho nitro benzene ring substituents is 1. The first kappa shape index (κ1) is 12.1. The molecule has 0 aromatic heterocycles. The second-order valence-electron chi connectivity index (χ2n) is 3.50. The normalized spacial score (nSPS) is 14.1. The number of benzene rings is 1. The predicted octanol–water partition coefficient (Wildman–Crippen LogP) is 1.11. The van der Waals surface area contributed by atoms with Crippen molar-refractivity contribution in [3.8, 4) is 0 Å². The number of hydrogen-bond donors (Lipinski definition) is 2. The van der Waals surface area contributed by atoms with E-state index in [9.17, 15) is 14.9 Å². The van der Waals surface area contributed by atoms with Crippen LogP contribution >= 0.6 is 0 Å². The molecular formula is C10H12N2O4. The van der Waals surface area contributed by atoms with Crippen molar-refractivity contribution in [3.63, 3.8) is 0 Å². The Morgan fingerprint density at radius 3 is 2.31 bits per heavy atom. The van der Waals surface area contributed by atoms with Crippen molar-refractivity contribution < 1.29 is 14.8 Å². The highest BCUT2D eigenvalue weighted by atomic mass is 16.6. The second kappa shape index (κ2) is 4.71. The summed E-state index contributed by atoms with van der Waals surface area (Å²) in [6.45, 7) is 1.67. The van der Waals surface area contributed by atoms with Gasteiger partial charge >= 0.3 is 5.97 Å². The Morgan fingerprint density at radius 1 is 1.44 bits per heavy atom. The highest BCUT2D eigenvalue weighted by Gasteiger charge is 2.21. The van der Waals surface area contributed by atoms with E-state index in [-0.39, 0.29) is 5.69 Å². The third-order valence-corrected chi connectivity index (χ3v) is 2.45. The molecule has 0 unspecified atom stereocenters. The number of carboxylic acid groups (broad SMARTS) is 1. The average molecular weight is 224 g/mol. The lowest BCUT2D eigenvalue weighted by Gasteiger charge is -2.15. The van der Waals surface area contributed by atoms with E-state index in [0.29, 0.717) is 5.56 Å². The number of nitrogens with two attached hydrogens (primary N) is 1. The van der Waals surface area contributed by atoms with Gasteiger partial charge in [0.15, 0.2) is 0 Å². The summed E-state index contributed by atoms with van der Waals surface area (Å²) in [6.07, 6.45) is 0. The van der Waals surface area contributed by atoms with Gasteiger partial charge in [0.05, 0.1) is 4.92 Å².